The molecule has 0 aliphatic rings. The molecule has 0 atom stereocenters. The first-order valence-electron chi connectivity index (χ1n) is 3.42. The van der Waals surface area contributed by atoms with Crippen molar-refractivity contribution in [2.45, 2.75) is 6.54 Å². The Balaban J connectivity index is 2.72. The van der Waals surface area contributed by atoms with Gasteiger partial charge in [0.15, 0.2) is 0 Å². The number of hydrogen-bond donors (Lipinski definition) is 0. The van der Waals surface area contributed by atoms with Crippen LogP contribution in [-0.4, -0.2) is 30.0 Å². The lowest BCUT2D eigenvalue weighted by molar-refractivity contribution is 0.424. The predicted octanol–water partition coefficient (Wildman–Crippen LogP) is 0.123. The third-order valence-electron chi connectivity index (χ3n) is 1.38. The number of rotatable bonds is 3. The molecule has 0 amide bonds. The highest BCUT2D eigenvalue weighted by molar-refractivity contribution is 7.83. The Morgan fingerprint density at radius 2 is 2.31 bits per heavy atom. The van der Waals surface area contributed by atoms with E-state index in [-0.39, 0.29) is 6.54 Å². The number of nitrogens with zero attached hydrogens (tertiary/aromatic N) is 3. The highest BCUT2D eigenvalue weighted by atomic mass is 32.3. The molecule has 0 radical (unpaired) electrons. The second-order valence-electron chi connectivity index (χ2n) is 2.41. The van der Waals surface area contributed by atoms with Gasteiger partial charge < -0.3 is 0 Å². The van der Waals surface area contributed by atoms with Gasteiger partial charge in [0.1, 0.15) is 0 Å². The fourth-order valence-electron chi connectivity index (χ4n) is 0.723. The van der Waals surface area contributed by atoms with Gasteiger partial charge in [-0.15, -0.1) is 0 Å². The lowest BCUT2D eigenvalue weighted by Gasteiger charge is -2.08. The Bertz CT molecular complexity index is 367. The van der Waals surface area contributed by atoms with Gasteiger partial charge >= 0.3 is 10.4 Å². The molecule has 0 unspecified atom stereocenters. The molecule has 0 saturated carbocycles. The van der Waals surface area contributed by atoms with Gasteiger partial charge in [0.2, 0.25) is 0 Å². The second kappa shape index (κ2) is 3.75. The van der Waals surface area contributed by atoms with Crippen LogP contribution in [0, 0.1) is 0 Å². The van der Waals surface area contributed by atoms with E-state index >= 15 is 0 Å². The van der Waals surface area contributed by atoms with E-state index < -0.39 is 10.4 Å². The Labute approximate surface area is 75.6 Å². The van der Waals surface area contributed by atoms with Crippen LogP contribution in [0.5, 0.6) is 0 Å². The minimum atomic E-state index is -4.64. The topological polar surface area (TPSA) is 63.2 Å². The molecule has 13 heavy (non-hydrogen) atoms. The maximum Gasteiger partial charge on any atom is 0.374 e. The molecule has 0 saturated heterocycles. The number of aromatic nitrogens is 2. The average molecular weight is 205 g/mol. The summed E-state index contributed by atoms with van der Waals surface area (Å²) in [6, 6.07) is 3.16. The summed E-state index contributed by atoms with van der Waals surface area (Å²) in [4.78, 5) is 0. The summed E-state index contributed by atoms with van der Waals surface area (Å²) in [6.45, 7) is -0.118. The predicted molar refractivity (Wildman–Crippen MR) is 43.5 cm³/mol. The van der Waals surface area contributed by atoms with Crippen molar-refractivity contribution in [3.05, 3.63) is 24.0 Å². The first-order valence-corrected chi connectivity index (χ1v) is 4.76. The fourth-order valence-corrected chi connectivity index (χ4v) is 1.01. The van der Waals surface area contributed by atoms with Crippen LogP contribution in [0.15, 0.2) is 18.3 Å². The summed E-state index contributed by atoms with van der Waals surface area (Å²) in [6.07, 6.45) is 1.45. The molecule has 5 nitrogen and oxygen atoms in total. The van der Waals surface area contributed by atoms with E-state index in [9.17, 15) is 12.3 Å². The standard InChI is InChI=1S/C6H8FN3O2S/c1-10(13(7,11)12)5-6-3-2-4-8-9-6/h2-4H,5H2,1H3. The zero-order valence-corrected chi connectivity index (χ0v) is 7.70. The molecule has 1 heterocycles. The molecule has 72 valence electrons. The van der Waals surface area contributed by atoms with E-state index in [1.54, 1.807) is 12.1 Å². The van der Waals surface area contributed by atoms with Crippen LogP contribution < -0.4 is 0 Å². The highest BCUT2D eigenvalue weighted by Gasteiger charge is 2.16. The summed E-state index contributed by atoms with van der Waals surface area (Å²) in [5.41, 5.74) is 0.395. The zero-order chi connectivity index (χ0) is 9.90. The molecule has 0 spiro atoms. The Morgan fingerprint density at radius 3 is 2.77 bits per heavy atom. The minimum Gasteiger partial charge on any atom is -0.177 e. The van der Waals surface area contributed by atoms with Gasteiger partial charge in [-0.3, -0.25) is 0 Å². The van der Waals surface area contributed by atoms with Crippen molar-refractivity contribution < 1.29 is 12.3 Å². The SMILES string of the molecule is CN(Cc1cccnn1)S(=O)(=O)F. The molecular weight excluding hydrogens is 197 g/mol. The van der Waals surface area contributed by atoms with E-state index in [4.69, 9.17) is 0 Å². The molecule has 0 aliphatic carbocycles. The van der Waals surface area contributed by atoms with Gasteiger partial charge in [0.25, 0.3) is 0 Å². The van der Waals surface area contributed by atoms with Gasteiger partial charge in [0, 0.05) is 13.2 Å². The van der Waals surface area contributed by atoms with Gasteiger partial charge in [-0.1, -0.05) is 3.89 Å². The molecule has 0 N–H and O–H groups in total. The van der Waals surface area contributed by atoms with Crippen LogP contribution in [-0.2, 0) is 17.0 Å². The lowest BCUT2D eigenvalue weighted by Crippen LogP contribution is -2.22. The van der Waals surface area contributed by atoms with Gasteiger partial charge in [-0.25, -0.2) is 0 Å². The van der Waals surface area contributed by atoms with Crippen LogP contribution in [0.3, 0.4) is 0 Å². The van der Waals surface area contributed by atoms with Gasteiger partial charge in [-0.2, -0.15) is 22.9 Å². The third kappa shape index (κ3) is 3.03. The Hall–Kier alpha value is -1.08. The molecule has 0 bridgehead atoms. The first-order chi connectivity index (χ1) is 6.00. The van der Waals surface area contributed by atoms with Crippen molar-refractivity contribution >= 4 is 10.4 Å². The van der Waals surface area contributed by atoms with E-state index in [1.165, 1.54) is 6.20 Å². The largest absolute Gasteiger partial charge is 0.374 e. The number of halogens is 1. The van der Waals surface area contributed by atoms with Crippen molar-refractivity contribution in [3.8, 4) is 0 Å². The van der Waals surface area contributed by atoms with Crippen LogP contribution >= 0.6 is 0 Å². The van der Waals surface area contributed by atoms with Crippen LogP contribution in [0.1, 0.15) is 5.69 Å². The summed E-state index contributed by atoms with van der Waals surface area (Å²) in [7, 11) is -3.51. The van der Waals surface area contributed by atoms with E-state index in [2.05, 4.69) is 10.2 Å². The second-order valence-corrected chi connectivity index (χ2v) is 3.86. The van der Waals surface area contributed by atoms with Crippen molar-refractivity contribution in [3.63, 3.8) is 0 Å². The van der Waals surface area contributed by atoms with Crippen molar-refractivity contribution in [1.82, 2.24) is 14.5 Å². The van der Waals surface area contributed by atoms with E-state index in [0.29, 0.717) is 10.00 Å². The van der Waals surface area contributed by atoms with Crippen LogP contribution in [0.4, 0.5) is 3.89 Å². The molecule has 7 heteroatoms. The van der Waals surface area contributed by atoms with Crippen molar-refractivity contribution in [2.75, 3.05) is 7.05 Å². The summed E-state index contributed by atoms with van der Waals surface area (Å²) in [5, 5.41) is 7.14. The molecular formula is C6H8FN3O2S. The number of hydrogen-bond acceptors (Lipinski definition) is 4. The molecule has 1 aromatic rings. The molecule has 0 aliphatic heterocycles. The maximum absolute atomic E-state index is 12.3. The van der Waals surface area contributed by atoms with Gasteiger partial charge in [-0.05, 0) is 12.1 Å². The fraction of sp³-hybridized carbons (Fsp3) is 0.333. The first kappa shape index (κ1) is 10.0. The Kier molecular flexibility index (Phi) is 2.89. The highest BCUT2D eigenvalue weighted by Crippen LogP contribution is 2.04. The zero-order valence-electron chi connectivity index (χ0n) is 6.88. The normalized spacial score (nSPS) is 11.9. The summed E-state index contributed by atoms with van der Waals surface area (Å²) >= 11 is 0. The molecule has 1 aromatic heterocycles. The summed E-state index contributed by atoms with van der Waals surface area (Å²) in [5.74, 6) is 0. The summed E-state index contributed by atoms with van der Waals surface area (Å²) < 4.78 is 33.6. The smallest absolute Gasteiger partial charge is 0.177 e. The maximum atomic E-state index is 12.3. The monoisotopic (exact) mass is 205 g/mol. The third-order valence-corrected chi connectivity index (χ3v) is 2.26. The van der Waals surface area contributed by atoms with Gasteiger partial charge in [0.05, 0.1) is 12.2 Å². The lowest BCUT2D eigenvalue weighted by atomic mass is 10.4. The molecule has 0 aromatic carbocycles. The minimum absolute atomic E-state index is 0.118. The molecule has 0 fully saturated rings. The van der Waals surface area contributed by atoms with Crippen molar-refractivity contribution in [1.29, 1.82) is 0 Å². The van der Waals surface area contributed by atoms with E-state index in [0.717, 1.165) is 7.05 Å². The van der Waals surface area contributed by atoms with Crippen LogP contribution in [0.2, 0.25) is 0 Å². The quantitative estimate of drug-likeness (QED) is 0.657. The average Bonchev–Trinajstić information content (AvgIpc) is 2.04. The van der Waals surface area contributed by atoms with Crippen LogP contribution in [0.25, 0.3) is 0 Å². The van der Waals surface area contributed by atoms with Crippen molar-refractivity contribution in [2.24, 2.45) is 0 Å². The van der Waals surface area contributed by atoms with E-state index in [1.807, 2.05) is 0 Å². The molecule has 1 rings (SSSR count). The Morgan fingerprint density at radius 1 is 1.62 bits per heavy atom.